The lowest BCUT2D eigenvalue weighted by Crippen LogP contribution is -2.27. The molecule has 1 aromatic heterocycles. The van der Waals surface area contributed by atoms with E-state index < -0.39 is 10.8 Å². The molecule has 0 aliphatic heterocycles. The minimum absolute atomic E-state index is 0.149. The van der Waals surface area contributed by atoms with Gasteiger partial charge in [0.1, 0.15) is 0 Å². The van der Waals surface area contributed by atoms with E-state index in [4.69, 9.17) is 0 Å². The first-order valence-corrected chi connectivity index (χ1v) is 8.70. The molecule has 108 valence electrons. The Morgan fingerprint density at radius 3 is 2.89 bits per heavy atom. The summed E-state index contributed by atoms with van der Waals surface area (Å²) in [5.74, 6) is 0.736. The smallest absolute Gasteiger partial charge is 0.0812 e. The summed E-state index contributed by atoms with van der Waals surface area (Å²) < 4.78 is 13.5. The van der Waals surface area contributed by atoms with Crippen LogP contribution in [0.15, 0.2) is 12.3 Å². The number of fused-ring (bicyclic) bond motifs is 1. The fourth-order valence-electron chi connectivity index (χ4n) is 3.04. The molecule has 4 heteroatoms. The highest BCUT2D eigenvalue weighted by molar-refractivity contribution is 7.84. The van der Waals surface area contributed by atoms with Gasteiger partial charge in [-0.2, -0.15) is 0 Å². The minimum atomic E-state index is -0.734. The Morgan fingerprint density at radius 1 is 1.58 bits per heavy atom. The lowest BCUT2D eigenvalue weighted by Gasteiger charge is -2.34. The lowest BCUT2D eigenvalue weighted by atomic mass is 9.75. The summed E-state index contributed by atoms with van der Waals surface area (Å²) in [6, 6.07) is 2.39. The molecule has 0 radical (unpaired) electrons. The van der Waals surface area contributed by atoms with Gasteiger partial charge in [0.25, 0.3) is 0 Å². The molecule has 0 saturated heterocycles. The molecule has 0 amide bonds. The molecular formula is C15H25NO2S. The Labute approximate surface area is 118 Å². The largest absolute Gasteiger partial charge is 0.388 e. The Balaban J connectivity index is 2.22. The third-order valence-electron chi connectivity index (χ3n) is 4.11. The van der Waals surface area contributed by atoms with E-state index in [9.17, 15) is 9.32 Å². The zero-order valence-electron chi connectivity index (χ0n) is 12.3. The zero-order valence-corrected chi connectivity index (χ0v) is 13.2. The Morgan fingerprint density at radius 2 is 2.26 bits per heavy atom. The van der Waals surface area contributed by atoms with Crippen molar-refractivity contribution in [3.63, 3.8) is 0 Å². The van der Waals surface area contributed by atoms with Crippen LogP contribution < -0.4 is 0 Å². The van der Waals surface area contributed by atoms with Gasteiger partial charge < -0.3 is 9.67 Å². The first-order valence-electron chi connectivity index (χ1n) is 6.98. The molecule has 3 atom stereocenters. The predicted octanol–water partition coefficient (Wildman–Crippen LogP) is 2.82. The van der Waals surface area contributed by atoms with Crippen molar-refractivity contribution in [2.75, 3.05) is 12.0 Å². The normalized spacial score (nSPS) is 24.8. The highest BCUT2D eigenvalue weighted by Crippen LogP contribution is 2.41. The highest BCUT2D eigenvalue weighted by atomic mass is 32.2. The minimum Gasteiger partial charge on any atom is -0.388 e. The van der Waals surface area contributed by atoms with Crippen molar-refractivity contribution in [1.29, 1.82) is 0 Å². The van der Waals surface area contributed by atoms with Crippen LogP contribution in [0.3, 0.4) is 0 Å². The monoisotopic (exact) mass is 283 g/mol. The standard InChI is InChI=1S/C15H25NO2S/c1-11(6-8-19(4)18)16-7-5-12-13(16)9-15(2,3)10-14(12)17/h5,7,11,14,17H,6,8-10H2,1-4H3. The van der Waals surface area contributed by atoms with Gasteiger partial charge in [-0.05, 0) is 37.7 Å². The molecule has 2 rings (SSSR count). The molecule has 0 bridgehead atoms. The summed E-state index contributed by atoms with van der Waals surface area (Å²) in [6.45, 7) is 6.59. The number of aliphatic hydroxyl groups is 1. The average molecular weight is 283 g/mol. The summed E-state index contributed by atoms with van der Waals surface area (Å²) in [4.78, 5) is 0. The van der Waals surface area contributed by atoms with Crippen LogP contribution in [0.2, 0.25) is 0 Å². The summed E-state index contributed by atoms with van der Waals surface area (Å²) in [5, 5.41) is 10.2. The molecule has 3 unspecified atom stereocenters. The van der Waals surface area contributed by atoms with Crippen molar-refractivity contribution in [2.45, 2.75) is 52.2 Å². The van der Waals surface area contributed by atoms with Crippen LogP contribution in [-0.4, -0.2) is 25.9 Å². The second kappa shape index (κ2) is 5.41. The first-order chi connectivity index (χ1) is 8.80. The SMILES string of the molecule is CC(CCS(C)=O)n1ccc2c1CC(C)(C)CC2O. The maximum Gasteiger partial charge on any atom is 0.0812 e. The lowest BCUT2D eigenvalue weighted by molar-refractivity contribution is 0.0975. The van der Waals surface area contributed by atoms with Gasteiger partial charge in [0, 0.05) is 46.3 Å². The fourth-order valence-corrected chi connectivity index (χ4v) is 3.71. The third-order valence-corrected chi connectivity index (χ3v) is 4.92. The van der Waals surface area contributed by atoms with E-state index in [0.29, 0.717) is 6.04 Å². The highest BCUT2D eigenvalue weighted by Gasteiger charge is 2.33. The summed E-state index contributed by atoms with van der Waals surface area (Å²) in [5.41, 5.74) is 2.50. The second-order valence-corrected chi connectivity index (χ2v) is 8.16. The van der Waals surface area contributed by atoms with Gasteiger partial charge >= 0.3 is 0 Å². The van der Waals surface area contributed by atoms with Gasteiger partial charge in [0.15, 0.2) is 0 Å². The van der Waals surface area contributed by atoms with Crippen molar-refractivity contribution in [2.24, 2.45) is 5.41 Å². The molecule has 3 nitrogen and oxygen atoms in total. The molecule has 0 saturated carbocycles. The zero-order chi connectivity index (χ0) is 14.2. The van der Waals surface area contributed by atoms with Crippen molar-refractivity contribution in [3.8, 4) is 0 Å². The van der Waals surface area contributed by atoms with Gasteiger partial charge in [-0.15, -0.1) is 0 Å². The number of hydrogen-bond donors (Lipinski definition) is 1. The first kappa shape index (κ1) is 14.8. The van der Waals surface area contributed by atoms with Gasteiger partial charge in [0.2, 0.25) is 0 Å². The van der Waals surface area contributed by atoms with E-state index in [1.807, 2.05) is 0 Å². The topological polar surface area (TPSA) is 42.2 Å². The summed E-state index contributed by atoms with van der Waals surface area (Å²) in [7, 11) is -0.734. The number of aromatic nitrogens is 1. The summed E-state index contributed by atoms with van der Waals surface area (Å²) >= 11 is 0. The van der Waals surface area contributed by atoms with Crippen LogP contribution in [0.5, 0.6) is 0 Å². The maximum absolute atomic E-state index is 11.2. The molecule has 1 heterocycles. The van der Waals surface area contributed by atoms with Crippen LogP contribution in [0.25, 0.3) is 0 Å². The van der Waals surface area contributed by atoms with Gasteiger partial charge in [-0.25, -0.2) is 0 Å². The van der Waals surface area contributed by atoms with E-state index in [1.54, 1.807) is 6.26 Å². The predicted molar refractivity (Wildman–Crippen MR) is 79.8 cm³/mol. The number of aliphatic hydroxyl groups excluding tert-OH is 1. The van der Waals surface area contributed by atoms with Crippen molar-refractivity contribution >= 4 is 10.8 Å². The van der Waals surface area contributed by atoms with Crippen molar-refractivity contribution in [1.82, 2.24) is 4.57 Å². The van der Waals surface area contributed by atoms with Gasteiger partial charge in [0.05, 0.1) is 6.10 Å². The van der Waals surface area contributed by atoms with E-state index >= 15 is 0 Å². The second-order valence-electron chi connectivity index (χ2n) is 6.60. The van der Waals surface area contributed by atoms with Crippen LogP contribution in [-0.2, 0) is 17.2 Å². The quantitative estimate of drug-likeness (QED) is 0.923. The third kappa shape index (κ3) is 3.29. The molecule has 0 aromatic carbocycles. The van der Waals surface area contributed by atoms with Crippen LogP contribution in [0.1, 0.15) is 57.0 Å². The summed E-state index contributed by atoms with van der Waals surface area (Å²) in [6.07, 6.45) is 6.25. The number of hydrogen-bond acceptors (Lipinski definition) is 2. The average Bonchev–Trinajstić information content (AvgIpc) is 2.67. The number of nitrogens with zero attached hydrogens (tertiary/aromatic N) is 1. The molecule has 1 N–H and O–H groups in total. The maximum atomic E-state index is 11.2. The molecule has 1 aromatic rings. The van der Waals surface area contributed by atoms with Crippen molar-refractivity contribution in [3.05, 3.63) is 23.5 Å². The van der Waals surface area contributed by atoms with Crippen LogP contribution >= 0.6 is 0 Å². The molecule has 0 spiro atoms. The number of rotatable bonds is 4. The van der Waals surface area contributed by atoms with E-state index in [0.717, 1.165) is 30.6 Å². The molecule has 1 aliphatic carbocycles. The van der Waals surface area contributed by atoms with Crippen LogP contribution in [0, 0.1) is 5.41 Å². The van der Waals surface area contributed by atoms with Gasteiger partial charge in [-0.1, -0.05) is 13.8 Å². The molecule has 0 fully saturated rings. The molecule has 1 aliphatic rings. The van der Waals surface area contributed by atoms with E-state index in [1.165, 1.54) is 5.69 Å². The van der Waals surface area contributed by atoms with E-state index in [-0.39, 0.29) is 11.5 Å². The van der Waals surface area contributed by atoms with E-state index in [2.05, 4.69) is 37.6 Å². The fraction of sp³-hybridized carbons (Fsp3) is 0.733. The molecule has 19 heavy (non-hydrogen) atoms. The Kier molecular flexibility index (Phi) is 4.21. The van der Waals surface area contributed by atoms with Crippen molar-refractivity contribution < 1.29 is 9.32 Å². The Bertz CT molecular complexity index is 478. The van der Waals surface area contributed by atoms with Crippen LogP contribution in [0.4, 0.5) is 0 Å². The van der Waals surface area contributed by atoms with Gasteiger partial charge in [-0.3, -0.25) is 4.21 Å². The molecular weight excluding hydrogens is 258 g/mol. The Hall–Kier alpha value is -0.610.